The van der Waals surface area contributed by atoms with Crippen LogP contribution in [0.3, 0.4) is 0 Å². The van der Waals surface area contributed by atoms with Crippen molar-refractivity contribution >= 4 is 23.5 Å². The van der Waals surface area contributed by atoms with E-state index in [0.717, 1.165) is 30.2 Å². The van der Waals surface area contributed by atoms with E-state index in [-0.39, 0.29) is 12.0 Å². The van der Waals surface area contributed by atoms with Crippen LogP contribution in [0.1, 0.15) is 45.8 Å². The number of piperazine rings is 1. The summed E-state index contributed by atoms with van der Waals surface area (Å²) < 4.78 is 5.01. The minimum absolute atomic E-state index is 0.0430. The Morgan fingerprint density at radius 3 is 2.42 bits per heavy atom. The van der Waals surface area contributed by atoms with E-state index in [0.29, 0.717) is 37.7 Å². The van der Waals surface area contributed by atoms with E-state index in [9.17, 15) is 9.59 Å². The molecular formula is C24H28N4O3. The molecule has 1 aliphatic carbocycles. The molecule has 31 heavy (non-hydrogen) atoms. The van der Waals surface area contributed by atoms with Crippen molar-refractivity contribution in [2.24, 2.45) is 0 Å². The van der Waals surface area contributed by atoms with Gasteiger partial charge in [-0.25, -0.2) is 9.78 Å². The molecule has 0 spiro atoms. The van der Waals surface area contributed by atoms with E-state index < -0.39 is 0 Å². The molecule has 0 radical (unpaired) electrons. The zero-order valence-electron chi connectivity index (χ0n) is 18.1. The van der Waals surface area contributed by atoms with Gasteiger partial charge in [0.05, 0.1) is 6.54 Å². The predicted molar refractivity (Wildman–Crippen MR) is 119 cm³/mol. The maximum absolute atomic E-state index is 13.1. The van der Waals surface area contributed by atoms with Crippen molar-refractivity contribution < 1.29 is 14.3 Å². The van der Waals surface area contributed by atoms with Gasteiger partial charge in [0.1, 0.15) is 12.4 Å². The summed E-state index contributed by atoms with van der Waals surface area (Å²) in [6.07, 6.45) is 4.26. The molecule has 7 nitrogen and oxygen atoms in total. The van der Waals surface area contributed by atoms with Crippen molar-refractivity contribution in [2.45, 2.75) is 32.6 Å². The number of anilines is 2. The fourth-order valence-electron chi connectivity index (χ4n) is 4.54. The Hall–Kier alpha value is -3.09. The number of nitrogens with zero attached hydrogens (tertiary/aromatic N) is 4. The van der Waals surface area contributed by atoms with Crippen LogP contribution < -0.4 is 9.80 Å². The smallest absolute Gasteiger partial charge is 0.414 e. The minimum atomic E-state index is -0.330. The van der Waals surface area contributed by atoms with Crippen LogP contribution >= 0.6 is 0 Å². The van der Waals surface area contributed by atoms with Crippen LogP contribution in [-0.2, 0) is 4.74 Å². The molecule has 0 bridgehead atoms. The molecule has 2 saturated heterocycles. The lowest BCUT2D eigenvalue weighted by molar-refractivity contribution is 0.0746. The van der Waals surface area contributed by atoms with Gasteiger partial charge in [-0.2, -0.15) is 0 Å². The van der Waals surface area contributed by atoms with Crippen molar-refractivity contribution in [3.8, 4) is 0 Å². The first-order valence-electron chi connectivity index (χ1n) is 11.1. The van der Waals surface area contributed by atoms with Crippen LogP contribution in [-0.4, -0.2) is 61.2 Å². The van der Waals surface area contributed by atoms with Crippen LogP contribution in [0.25, 0.3) is 0 Å². The molecule has 3 fully saturated rings. The molecule has 162 valence electrons. The molecular weight excluding hydrogens is 392 g/mol. The van der Waals surface area contributed by atoms with Gasteiger partial charge in [-0.1, -0.05) is 6.07 Å². The highest BCUT2D eigenvalue weighted by Gasteiger charge is 2.28. The van der Waals surface area contributed by atoms with E-state index >= 15 is 0 Å². The highest BCUT2D eigenvalue weighted by Crippen LogP contribution is 2.40. The van der Waals surface area contributed by atoms with Crippen LogP contribution in [0.4, 0.5) is 16.3 Å². The molecule has 5 rings (SSSR count). The second kappa shape index (κ2) is 7.87. The van der Waals surface area contributed by atoms with Gasteiger partial charge in [-0.05, 0) is 67.5 Å². The van der Waals surface area contributed by atoms with Gasteiger partial charge in [0.2, 0.25) is 0 Å². The van der Waals surface area contributed by atoms with Crippen LogP contribution in [0.15, 0.2) is 30.5 Å². The molecule has 1 aromatic heterocycles. The Balaban J connectivity index is 1.24. The molecule has 2 aliphatic heterocycles. The van der Waals surface area contributed by atoms with Crippen molar-refractivity contribution in [3.63, 3.8) is 0 Å². The molecule has 3 aliphatic rings. The first-order valence-corrected chi connectivity index (χ1v) is 11.1. The van der Waals surface area contributed by atoms with Gasteiger partial charge < -0.3 is 14.5 Å². The summed E-state index contributed by atoms with van der Waals surface area (Å²) in [5.41, 5.74) is 4.91. The fraction of sp³-hybridized carbons (Fsp3) is 0.458. The first-order chi connectivity index (χ1) is 15.0. The summed E-state index contributed by atoms with van der Waals surface area (Å²) >= 11 is 0. The molecule has 1 aromatic carbocycles. The zero-order valence-corrected chi connectivity index (χ0v) is 18.1. The largest absolute Gasteiger partial charge is 0.447 e. The second-order valence-corrected chi connectivity index (χ2v) is 8.73. The Morgan fingerprint density at radius 2 is 1.81 bits per heavy atom. The predicted octanol–water partition coefficient (Wildman–Crippen LogP) is 3.49. The number of rotatable bonds is 4. The highest BCUT2D eigenvalue weighted by molar-refractivity contribution is 5.97. The SMILES string of the molecule is Cc1cc(N2CCOC2=O)ccc1C(=O)N1CCN(c2ncc(C3CC3)cc2C)CC1. The maximum Gasteiger partial charge on any atom is 0.414 e. The topological polar surface area (TPSA) is 66.0 Å². The number of cyclic esters (lactones) is 1. The monoisotopic (exact) mass is 420 g/mol. The van der Waals surface area contributed by atoms with Gasteiger partial charge in [-0.3, -0.25) is 9.69 Å². The second-order valence-electron chi connectivity index (χ2n) is 8.73. The quantitative estimate of drug-likeness (QED) is 0.758. The Morgan fingerprint density at radius 1 is 1.03 bits per heavy atom. The number of hydrogen-bond donors (Lipinski definition) is 0. The van der Waals surface area contributed by atoms with E-state index in [4.69, 9.17) is 9.72 Å². The zero-order chi connectivity index (χ0) is 21.5. The standard InChI is InChI=1S/C24H28N4O3/c1-16-14-20(28-11-12-31-24(28)30)5-6-21(16)23(29)27-9-7-26(8-10-27)22-17(2)13-19(15-25-22)18-3-4-18/h5-6,13-15,18H,3-4,7-12H2,1-2H3. The van der Waals surface area contributed by atoms with Crippen molar-refractivity contribution in [3.05, 3.63) is 52.7 Å². The number of amides is 2. The normalized spacial score (nSPS) is 19.0. The van der Waals surface area contributed by atoms with Gasteiger partial charge in [0, 0.05) is 43.6 Å². The molecule has 3 heterocycles. The third-order valence-corrected chi connectivity index (χ3v) is 6.50. The summed E-state index contributed by atoms with van der Waals surface area (Å²) in [4.78, 5) is 35.5. The Labute approximate surface area is 182 Å². The van der Waals surface area contributed by atoms with E-state index in [1.54, 1.807) is 4.90 Å². The number of hydrogen-bond acceptors (Lipinski definition) is 5. The number of aryl methyl sites for hydroxylation is 2. The fourth-order valence-corrected chi connectivity index (χ4v) is 4.54. The molecule has 1 saturated carbocycles. The van der Waals surface area contributed by atoms with Crippen LogP contribution in [0.2, 0.25) is 0 Å². The van der Waals surface area contributed by atoms with Gasteiger partial charge in [0.15, 0.2) is 0 Å². The number of pyridine rings is 1. The van der Waals surface area contributed by atoms with Crippen LogP contribution in [0.5, 0.6) is 0 Å². The van der Waals surface area contributed by atoms with Gasteiger partial charge >= 0.3 is 6.09 Å². The lowest BCUT2D eigenvalue weighted by atomic mass is 10.1. The number of carbonyl (C=O) groups excluding carboxylic acids is 2. The number of benzene rings is 1. The third-order valence-electron chi connectivity index (χ3n) is 6.50. The number of aromatic nitrogens is 1. The maximum atomic E-state index is 13.1. The number of carbonyl (C=O) groups is 2. The number of ether oxygens (including phenoxy) is 1. The summed E-state index contributed by atoms with van der Waals surface area (Å²) in [5, 5.41) is 0. The van der Waals surface area contributed by atoms with Gasteiger partial charge in [0.25, 0.3) is 5.91 Å². The lowest BCUT2D eigenvalue weighted by Crippen LogP contribution is -2.49. The van der Waals surface area contributed by atoms with Crippen molar-refractivity contribution in [2.75, 3.05) is 49.1 Å². The average molecular weight is 421 g/mol. The van der Waals surface area contributed by atoms with Crippen molar-refractivity contribution in [1.82, 2.24) is 9.88 Å². The molecule has 2 amide bonds. The third kappa shape index (κ3) is 3.84. The van der Waals surface area contributed by atoms with Gasteiger partial charge in [-0.15, -0.1) is 0 Å². The Kier molecular flexibility index (Phi) is 5.04. The summed E-state index contributed by atoms with van der Waals surface area (Å²) in [7, 11) is 0. The molecule has 0 atom stereocenters. The molecule has 7 heteroatoms. The van der Waals surface area contributed by atoms with E-state index in [1.165, 1.54) is 24.0 Å². The summed E-state index contributed by atoms with van der Waals surface area (Å²) in [6, 6.07) is 7.83. The average Bonchev–Trinajstić information content (AvgIpc) is 3.54. The lowest BCUT2D eigenvalue weighted by Gasteiger charge is -2.36. The summed E-state index contributed by atoms with van der Waals surface area (Å²) in [6.45, 7) is 7.89. The Bertz CT molecular complexity index is 1030. The molecule has 0 unspecified atom stereocenters. The molecule has 2 aromatic rings. The minimum Gasteiger partial charge on any atom is -0.447 e. The highest BCUT2D eigenvalue weighted by atomic mass is 16.6. The van der Waals surface area contributed by atoms with E-state index in [2.05, 4.69) is 17.9 Å². The van der Waals surface area contributed by atoms with Crippen molar-refractivity contribution in [1.29, 1.82) is 0 Å². The molecule has 0 N–H and O–H groups in total. The van der Waals surface area contributed by atoms with Crippen LogP contribution in [0, 0.1) is 13.8 Å². The van der Waals surface area contributed by atoms with E-state index in [1.807, 2.05) is 36.2 Å². The first kappa shape index (κ1) is 19.8. The summed E-state index contributed by atoms with van der Waals surface area (Å²) in [5.74, 6) is 1.79.